The maximum Gasteiger partial charge on any atom is 0.408 e. The summed E-state index contributed by atoms with van der Waals surface area (Å²) < 4.78 is 31.8. The number of nitrogens with one attached hydrogen (secondary N) is 1. The standard InChI is InChI=1S/C22H27NO4S/c1-17-12-14-20(15-13-17)28(25,26)21(19-10-6-3-7-11-19)23-22(24)27-16-18-8-4-2-5-9-18/h2,4-5,8-9,12-15,19,21H,3,6-7,10-11,16H2,1H3,(H,23,24)/t21-/m1/s1. The van der Waals surface area contributed by atoms with E-state index < -0.39 is 21.3 Å². The summed E-state index contributed by atoms with van der Waals surface area (Å²) >= 11 is 0. The second-order valence-electron chi connectivity index (χ2n) is 7.38. The molecule has 1 saturated carbocycles. The van der Waals surface area contributed by atoms with Crippen LogP contribution in [-0.4, -0.2) is 19.9 Å². The number of sulfone groups is 1. The molecule has 3 rings (SSSR count). The Morgan fingerprint density at radius 2 is 1.68 bits per heavy atom. The molecule has 5 nitrogen and oxygen atoms in total. The van der Waals surface area contributed by atoms with Crippen LogP contribution in [0.3, 0.4) is 0 Å². The molecule has 1 aliphatic carbocycles. The van der Waals surface area contributed by atoms with Crippen molar-refractivity contribution in [3.8, 4) is 0 Å². The van der Waals surface area contributed by atoms with E-state index in [1.54, 1.807) is 24.3 Å². The minimum atomic E-state index is -3.71. The van der Waals surface area contributed by atoms with Gasteiger partial charge in [-0.15, -0.1) is 0 Å². The lowest BCUT2D eigenvalue weighted by atomic mass is 9.89. The lowest BCUT2D eigenvalue weighted by Crippen LogP contribution is -2.46. The second kappa shape index (κ2) is 9.24. The summed E-state index contributed by atoms with van der Waals surface area (Å²) in [4.78, 5) is 12.6. The third-order valence-electron chi connectivity index (χ3n) is 5.23. The van der Waals surface area contributed by atoms with Gasteiger partial charge in [-0.2, -0.15) is 0 Å². The van der Waals surface area contributed by atoms with Crippen LogP contribution in [0.1, 0.15) is 43.2 Å². The van der Waals surface area contributed by atoms with Gasteiger partial charge >= 0.3 is 6.09 Å². The summed E-state index contributed by atoms with van der Waals surface area (Å²) in [6, 6.07) is 16.1. The number of amides is 1. The van der Waals surface area contributed by atoms with Crippen molar-refractivity contribution in [3.05, 3.63) is 65.7 Å². The van der Waals surface area contributed by atoms with Gasteiger partial charge in [0.2, 0.25) is 0 Å². The zero-order valence-electron chi connectivity index (χ0n) is 16.1. The van der Waals surface area contributed by atoms with Gasteiger partial charge in [0.25, 0.3) is 0 Å². The largest absolute Gasteiger partial charge is 0.445 e. The van der Waals surface area contributed by atoms with Crippen molar-refractivity contribution < 1.29 is 17.9 Å². The fourth-order valence-electron chi connectivity index (χ4n) is 3.64. The van der Waals surface area contributed by atoms with E-state index in [9.17, 15) is 13.2 Å². The van der Waals surface area contributed by atoms with Crippen molar-refractivity contribution in [3.63, 3.8) is 0 Å². The van der Waals surface area contributed by atoms with Gasteiger partial charge in [-0.1, -0.05) is 67.3 Å². The van der Waals surface area contributed by atoms with Gasteiger partial charge in [-0.25, -0.2) is 13.2 Å². The fourth-order valence-corrected chi connectivity index (χ4v) is 5.48. The number of aryl methyl sites for hydroxylation is 1. The quantitative estimate of drug-likeness (QED) is 0.768. The van der Waals surface area contributed by atoms with Gasteiger partial charge < -0.3 is 10.1 Å². The highest BCUT2D eigenvalue weighted by atomic mass is 32.2. The lowest BCUT2D eigenvalue weighted by molar-refractivity contribution is 0.134. The van der Waals surface area contributed by atoms with E-state index in [1.807, 2.05) is 37.3 Å². The Morgan fingerprint density at radius 1 is 1.04 bits per heavy atom. The number of rotatable bonds is 6. The molecule has 0 saturated heterocycles. The van der Waals surface area contributed by atoms with Crippen molar-refractivity contribution in [2.24, 2.45) is 5.92 Å². The summed E-state index contributed by atoms with van der Waals surface area (Å²) in [7, 11) is -3.71. The Labute approximate surface area is 167 Å². The highest BCUT2D eigenvalue weighted by Gasteiger charge is 2.37. The fraction of sp³-hybridized carbons (Fsp3) is 0.409. The molecule has 150 valence electrons. The van der Waals surface area contributed by atoms with E-state index in [1.165, 1.54) is 0 Å². The molecule has 1 fully saturated rings. The highest BCUT2D eigenvalue weighted by Crippen LogP contribution is 2.31. The molecule has 28 heavy (non-hydrogen) atoms. The first kappa shape index (κ1) is 20.4. The molecule has 0 unspecified atom stereocenters. The van der Waals surface area contributed by atoms with Crippen LogP contribution in [0.4, 0.5) is 4.79 Å². The zero-order valence-corrected chi connectivity index (χ0v) is 17.0. The van der Waals surface area contributed by atoms with E-state index in [2.05, 4.69) is 5.32 Å². The molecule has 2 aromatic rings. The highest BCUT2D eigenvalue weighted by molar-refractivity contribution is 7.92. The first-order chi connectivity index (χ1) is 13.5. The van der Waals surface area contributed by atoms with Crippen molar-refractivity contribution in [2.45, 2.75) is 55.9 Å². The van der Waals surface area contributed by atoms with E-state index in [4.69, 9.17) is 4.74 Å². The predicted molar refractivity (Wildman–Crippen MR) is 108 cm³/mol. The van der Waals surface area contributed by atoms with Gasteiger partial charge in [-0.3, -0.25) is 0 Å². The Morgan fingerprint density at radius 3 is 2.32 bits per heavy atom. The van der Waals surface area contributed by atoms with Crippen LogP contribution in [0.15, 0.2) is 59.5 Å². The number of benzene rings is 2. The molecule has 0 bridgehead atoms. The van der Waals surface area contributed by atoms with Gasteiger partial charge in [0, 0.05) is 0 Å². The molecule has 2 aromatic carbocycles. The number of hydrogen-bond donors (Lipinski definition) is 1. The Hall–Kier alpha value is -2.34. The third-order valence-corrected chi connectivity index (χ3v) is 7.34. The van der Waals surface area contributed by atoms with Crippen LogP contribution in [0.2, 0.25) is 0 Å². The maximum atomic E-state index is 13.3. The van der Waals surface area contributed by atoms with Crippen molar-refractivity contribution >= 4 is 15.9 Å². The van der Waals surface area contributed by atoms with E-state index in [-0.39, 0.29) is 17.4 Å². The lowest BCUT2D eigenvalue weighted by Gasteiger charge is -2.30. The molecule has 1 amide bonds. The summed E-state index contributed by atoms with van der Waals surface area (Å²) in [5.74, 6) is -0.107. The second-order valence-corrected chi connectivity index (χ2v) is 9.45. The zero-order chi connectivity index (χ0) is 20.0. The number of carbonyl (C=O) groups excluding carboxylic acids is 1. The van der Waals surface area contributed by atoms with Crippen molar-refractivity contribution in [1.29, 1.82) is 0 Å². The molecule has 0 radical (unpaired) electrons. The summed E-state index contributed by atoms with van der Waals surface area (Å²) in [5, 5.41) is 1.69. The first-order valence-corrected chi connectivity index (χ1v) is 11.3. The van der Waals surface area contributed by atoms with Gasteiger partial charge in [0.15, 0.2) is 9.84 Å². The van der Waals surface area contributed by atoms with Crippen LogP contribution >= 0.6 is 0 Å². The molecule has 1 N–H and O–H groups in total. The van der Waals surface area contributed by atoms with Crippen LogP contribution in [0.5, 0.6) is 0 Å². The van der Waals surface area contributed by atoms with E-state index in [0.29, 0.717) is 0 Å². The van der Waals surface area contributed by atoms with Gasteiger partial charge in [0.1, 0.15) is 12.0 Å². The SMILES string of the molecule is Cc1ccc(S(=O)(=O)[C@@H](NC(=O)OCc2ccccc2)C2CCCCC2)cc1. The van der Waals surface area contributed by atoms with E-state index >= 15 is 0 Å². The van der Waals surface area contributed by atoms with Crippen LogP contribution in [0.25, 0.3) is 0 Å². The topological polar surface area (TPSA) is 72.5 Å². The van der Waals surface area contributed by atoms with Gasteiger partial charge in [-0.05, 0) is 43.4 Å². The molecule has 0 aromatic heterocycles. The normalized spacial score (nSPS) is 16.3. The van der Waals surface area contributed by atoms with Crippen molar-refractivity contribution in [2.75, 3.05) is 0 Å². The van der Waals surface area contributed by atoms with E-state index in [0.717, 1.165) is 43.2 Å². The molecular formula is C22H27NO4S. The molecule has 0 aliphatic heterocycles. The number of hydrogen-bond acceptors (Lipinski definition) is 4. The minimum Gasteiger partial charge on any atom is -0.445 e. The van der Waals surface area contributed by atoms with Crippen LogP contribution < -0.4 is 5.32 Å². The molecular weight excluding hydrogens is 374 g/mol. The predicted octanol–water partition coefficient (Wildman–Crippen LogP) is 4.60. The van der Waals surface area contributed by atoms with Crippen LogP contribution in [-0.2, 0) is 21.2 Å². The van der Waals surface area contributed by atoms with Crippen LogP contribution in [0, 0.1) is 12.8 Å². The Bertz CT molecular complexity index is 873. The number of alkyl carbamates (subject to hydrolysis) is 1. The number of carbonyl (C=O) groups is 1. The summed E-state index contributed by atoms with van der Waals surface area (Å²) in [5.41, 5.74) is 1.84. The molecule has 6 heteroatoms. The monoisotopic (exact) mass is 401 g/mol. The summed E-state index contributed by atoms with van der Waals surface area (Å²) in [6.07, 6.45) is 3.93. The average molecular weight is 402 g/mol. The average Bonchev–Trinajstić information content (AvgIpc) is 2.72. The number of ether oxygens (including phenoxy) is 1. The third kappa shape index (κ3) is 5.13. The first-order valence-electron chi connectivity index (χ1n) is 9.74. The minimum absolute atomic E-state index is 0.106. The Kier molecular flexibility index (Phi) is 6.73. The smallest absolute Gasteiger partial charge is 0.408 e. The molecule has 1 aliphatic rings. The molecule has 0 spiro atoms. The molecule has 0 heterocycles. The summed E-state index contributed by atoms with van der Waals surface area (Å²) in [6.45, 7) is 2.02. The maximum absolute atomic E-state index is 13.3. The molecule has 1 atom stereocenters. The van der Waals surface area contributed by atoms with Crippen molar-refractivity contribution in [1.82, 2.24) is 5.32 Å². The van der Waals surface area contributed by atoms with Gasteiger partial charge in [0.05, 0.1) is 4.90 Å². The Balaban J connectivity index is 1.76.